The highest BCUT2D eigenvalue weighted by Crippen LogP contribution is 2.12. The van der Waals surface area contributed by atoms with Crippen LogP contribution in [0.2, 0.25) is 0 Å². The Kier molecular flexibility index (Phi) is 8.27. The first-order chi connectivity index (χ1) is 9.38. The molecule has 0 aromatic carbocycles. The Labute approximate surface area is 142 Å². The maximum atomic E-state index is 12.1. The highest BCUT2D eigenvalue weighted by Gasteiger charge is 2.28. The summed E-state index contributed by atoms with van der Waals surface area (Å²) in [6.07, 6.45) is 2.19. The van der Waals surface area contributed by atoms with Crippen molar-refractivity contribution in [1.82, 2.24) is 10.3 Å². The molecule has 126 valence electrons. The van der Waals surface area contributed by atoms with Crippen LogP contribution in [0.25, 0.3) is 0 Å². The molecule has 7 nitrogen and oxygen atoms in total. The van der Waals surface area contributed by atoms with Gasteiger partial charge in [0.25, 0.3) is 0 Å². The van der Waals surface area contributed by atoms with Crippen molar-refractivity contribution in [3.8, 4) is 0 Å². The largest absolute Gasteiger partial charge is 0.375 e. The van der Waals surface area contributed by atoms with Gasteiger partial charge in [-0.25, -0.2) is 13.4 Å². The number of anilines is 1. The Hall–Kier alpha value is -0.930. The van der Waals surface area contributed by atoms with Crippen molar-refractivity contribution in [3.05, 3.63) is 18.3 Å². The number of sulfone groups is 1. The molecule has 2 atom stereocenters. The quantitative estimate of drug-likeness (QED) is 0.809. The Bertz CT molecular complexity index is 595. The lowest BCUT2D eigenvalue weighted by molar-refractivity contribution is -0.123. The average molecular weight is 372 g/mol. The predicted octanol–water partition coefficient (Wildman–Crippen LogP) is 0.644. The number of carbonyl (C=O) groups is 1. The summed E-state index contributed by atoms with van der Waals surface area (Å²) < 4.78 is 28.0. The van der Waals surface area contributed by atoms with E-state index in [9.17, 15) is 13.2 Å². The molecule has 0 unspecified atom stereocenters. The number of rotatable bonds is 3. The van der Waals surface area contributed by atoms with Crippen LogP contribution in [-0.4, -0.2) is 50.9 Å². The topological polar surface area (TPSA) is 97.4 Å². The molecular weight excluding hydrogens is 353 g/mol. The van der Waals surface area contributed by atoms with Crippen LogP contribution in [0.3, 0.4) is 0 Å². The molecule has 1 aromatic heterocycles. The minimum absolute atomic E-state index is 0. The third-order valence-electron chi connectivity index (χ3n) is 2.98. The zero-order chi connectivity index (χ0) is 14.8. The molecule has 1 amide bonds. The Morgan fingerprint density at radius 3 is 2.59 bits per heavy atom. The summed E-state index contributed by atoms with van der Waals surface area (Å²) >= 11 is 0. The maximum Gasteiger partial charge on any atom is 0.244 e. The highest BCUT2D eigenvalue weighted by atomic mass is 35.5. The lowest BCUT2D eigenvalue weighted by atomic mass is 10.1. The van der Waals surface area contributed by atoms with Gasteiger partial charge in [-0.2, -0.15) is 0 Å². The molecule has 10 heteroatoms. The van der Waals surface area contributed by atoms with Gasteiger partial charge in [0.05, 0.1) is 24.6 Å². The molecule has 1 saturated heterocycles. The number of amides is 1. The standard InChI is InChI=1S/C12H17N3O4S.2ClH/c1-8-11(13-5-6-19-8)12(16)15-9-3-4-10(14-7-9)20(2,17)18;;/h3-4,7-8,11,13H,5-6H2,1-2H3,(H,15,16);2*1H/t8-,11+;;/m1../s1. The van der Waals surface area contributed by atoms with E-state index in [0.29, 0.717) is 18.8 Å². The number of morpholine rings is 1. The van der Waals surface area contributed by atoms with Gasteiger partial charge in [0.1, 0.15) is 6.04 Å². The second kappa shape index (κ2) is 8.64. The van der Waals surface area contributed by atoms with E-state index >= 15 is 0 Å². The Balaban J connectivity index is 0.00000220. The first-order valence-electron chi connectivity index (χ1n) is 6.20. The van der Waals surface area contributed by atoms with Gasteiger partial charge in [-0.1, -0.05) is 0 Å². The monoisotopic (exact) mass is 371 g/mol. The fourth-order valence-corrected chi connectivity index (χ4v) is 2.48. The van der Waals surface area contributed by atoms with E-state index < -0.39 is 15.9 Å². The number of hydrogen-bond acceptors (Lipinski definition) is 6. The fourth-order valence-electron chi connectivity index (χ4n) is 1.92. The highest BCUT2D eigenvalue weighted by molar-refractivity contribution is 7.90. The minimum atomic E-state index is -3.33. The van der Waals surface area contributed by atoms with Crippen molar-refractivity contribution in [1.29, 1.82) is 0 Å². The van der Waals surface area contributed by atoms with Gasteiger partial charge in [0.2, 0.25) is 5.91 Å². The second-order valence-electron chi connectivity index (χ2n) is 4.65. The molecule has 2 rings (SSSR count). The number of carbonyl (C=O) groups excluding carboxylic acids is 1. The molecule has 2 heterocycles. The van der Waals surface area contributed by atoms with Crippen molar-refractivity contribution in [3.63, 3.8) is 0 Å². The molecule has 0 aliphatic carbocycles. The number of halogens is 2. The smallest absolute Gasteiger partial charge is 0.244 e. The van der Waals surface area contributed by atoms with Crippen LogP contribution in [-0.2, 0) is 19.4 Å². The van der Waals surface area contributed by atoms with Crippen LogP contribution in [0.15, 0.2) is 23.4 Å². The zero-order valence-corrected chi connectivity index (χ0v) is 14.6. The van der Waals surface area contributed by atoms with E-state index in [-0.39, 0.29) is 41.9 Å². The van der Waals surface area contributed by atoms with Crippen LogP contribution in [0.5, 0.6) is 0 Å². The van der Waals surface area contributed by atoms with E-state index in [1.807, 2.05) is 6.92 Å². The summed E-state index contributed by atoms with van der Waals surface area (Å²) in [4.78, 5) is 15.9. The van der Waals surface area contributed by atoms with Crippen LogP contribution >= 0.6 is 24.8 Å². The number of hydrogen-bond donors (Lipinski definition) is 2. The van der Waals surface area contributed by atoms with E-state index in [1.165, 1.54) is 18.3 Å². The number of nitrogens with zero attached hydrogens (tertiary/aromatic N) is 1. The van der Waals surface area contributed by atoms with Gasteiger partial charge in [-0.05, 0) is 19.1 Å². The molecule has 1 aliphatic heterocycles. The average Bonchev–Trinajstić information content (AvgIpc) is 2.38. The van der Waals surface area contributed by atoms with E-state index in [1.54, 1.807) is 0 Å². The molecule has 22 heavy (non-hydrogen) atoms. The maximum absolute atomic E-state index is 12.1. The number of pyridine rings is 1. The fraction of sp³-hybridized carbons (Fsp3) is 0.500. The molecule has 0 radical (unpaired) electrons. The van der Waals surface area contributed by atoms with Crippen molar-refractivity contribution < 1.29 is 17.9 Å². The van der Waals surface area contributed by atoms with Crippen molar-refractivity contribution >= 4 is 46.2 Å². The number of ether oxygens (including phenoxy) is 1. The molecule has 0 saturated carbocycles. The van der Waals surface area contributed by atoms with Gasteiger partial charge in [0, 0.05) is 12.8 Å². The zero-order valence-electron chi connectivity index (χ0n) is 12.1. The van der Waals surface area contributed by atoms with Gasteiger partial charge in [-0.15, -0.1) is 24.8 Å². The molecule has 1 aliphatic rings. The first-order valence-corrected chi connectivity index (χ1v) is 8.09. The summed E-state index contributed by atoms with van der Waals surface area (Å²) in [6, 6.07) is 2.44. The lowest BCUT2D eigenvalue weighted by Crippen LogP contribution is -2.53. The van der Waals surface area contributed by atoms with E-state index in [2.05, 4.69) is 15.6 Å². The lowest BCUT2D eigenvalue weighted by Gasteiger charge is -2.29. The molecular formula is C12H19Cl2N3O4S. The van der Waals surface area contributed by atoms with Crippen molar-refractivity contribution in [2.75, 3.05) is 24.7 Å². The summed E-state index contributed by atoms with van der Waals surface area (Å²) in [5, 5.41) is 5.73. The second-order valence-corrected chi connectivity index (χ2v) is 6.62. The SMILES string of the molecule is C[C@H]1OCCN[C@@H]1C(=O)Nc1ccc(S(C)(=O)=O)nc1.Cl.Cl. The molecule has 1 aromatic rings. The normalized spacial score (nSPS) is 21.2. The molecule has 0 bridgehead atoms. The van der Waals surface area contributed by atoms with Crippen molar-refractivity contribution in [2.24, 2.45) is 0 Å². The van der Waals surface area contributed by atoms with Gasteiger partial charge in [-0.3, -0.25) is 4.79 Å². The molecule has 1 fully saturated rings. The number of nitrogens with one attached hydrogen (secondary N) is 2. The van der Waals surface area contributed by atoms with E-state index in [4.69, 9.17) is 4.74 Å². The van der Waals surface area contributed by atoms with Crippen LogP contribution < -0.4 is 10.6 Å². The van der Waals surface area contributed by atoms with Crippen molar-refractivity contribution in [2.45, 2.75) is 24.1 Å². The van der Waals surface area contributed by atoms with Gasteiger partial charge < -0.3 is 15.4 Å². The summed E-state index contributed by atoms with van der Waals surface area (Å²) in [5.41, 5.74) is 0.446. The van der Waals surface area contributed by atoms with Crippen LogP contribution in [0, 0.1) is 0 Å². The van der Waals surface area contributed by atoms with E-state index in [0.717, 1.165) is 6.26 Å². The van der Waals surface area contributed by atoms with Gasteiger partial charge in [0.15, 0.2) is 14.9 Å². The predicted molar refractivity (Wildman–Crippen MR) is 87.7 cm³/mol. The third-order valence-corrected chi connectivity index (χ3v) is 3.98. The first kappa shape index (κ1) is 21.1. The molecule has 2 N–H and O–H groups in total. The number of aromatic nitrogens is 1. The Morgan fingerprint density at radius 2 is 2.09 bits per heavy atom. The van der Waals surface area contributed by atoms with Crippen LogP contribution in [0.1, 0.15) is 6.92 Å². The summed E-state index contributed by atoms with van der Waals surface area (Å²) in [5.74, 6) is -0.230. The third kappa shape index (κ3) is 5.36. The Morgan fingerprint density at radius 1 is 1.41 bits per heavy atom. The summed E-state index contributed by atoms with van der Waals surface area (Å²) in [6.45, 7) is 3.02. The van der Waals surface area contributed by atoms with Crippen LogP contribution in [0.4, 0.5) is 5.69 Å². The summed E-state index contributed by atoms with van der Waals surface area (Å²) in [7, 11) is -3.33. The molecule has 0 spiro atoms. The minimum Gasteiger partial charge on any atom is -0.375 e. The van der Waals surface area contributed by atoms with Gasteiger partial charge >= 0.3 is 0 Å².